The van der Waals surface area contributed by atoms with E-state index in [0.29, 0.717) is 6.42 Å². The summed E-state index contributed by atoms with van der Waals surface area (Å²) in [5, 5.41) is 0. The lowest BCUT2D eigenvalue weighted by atomic mass is 10.0. The molecule has 0 amide bonds. The highest BCUT2D eigenvalue weighted by Crippen LogP contribution is 2.43. The van der Waals surface area contributed by atoms with E-state index in [2.05, 4.69) is 172 Å². The summed E-state index contributed by atoms with van der Waals surface area (Å²) in [5.41, 5.74) is 5.40. The Morgan fingerprint density at radius 3 is 0.906 bits per heavy atom. The number of nitrogens with two attached hydrogens (primary N) is 1. The zero-order valence-corrected chi connectivity index (χ0v) is 54.9. The van der Waals surface area contributed by atoms with Crippen LogP contribution in [0, 0.1) is 0 Å². The molecule has 2 atom stereocenters. The Labute approximate surface area is 521 Å². The minimum absolute atomic E-state index is 0.0458. The summed E-state index contributed by atoms with van der Waals surface area (Å²) in [7, 11) is -4.40. The van der Waals surface area contributed by atoms with Crippen LogP contribution in [0.3, 0.4) is 0 Å². The van der Waals surface area contributed by atoms with Gasteiger partial charge >= 0.3 is 19.8 Å². The molecule has 0 aliphatic heterocycles. The largest absolute Gasteiger partial charge is 0.472 e. The van der Waals surface area contributed by atoms with Gasteiger partial charge in [-0.25, -0.2) is 4.57 Å². The molecule has 0 aromatic heterocycles. The molecule has 85 heavy (non-hydrogen) atoms. The first kappa shape index (κ1) is 80.6. The minimum Gasteiger partial charge on any atom is -0.462 e. The molecular formula is C75H124NO8P. The fourth-order valence-electron chi connectivity index (χ4n) is 8.97. The Hall–Kier alpha value is -4.37. The van der Waals surface area contributed by atoms with Gasteiger partial charge in [0.05, 0.1) is 13.2 Å². The number of carbonyl (C=O) groups is 2. The normalized spacial score (nSPS) is 14.0. The van der Waals surface area contributed by atoms with Crippen molar-refractivity contribution in [2.24, 2.45) is 5.73 Å². The van der Waals surface area contributed by atoms with Crippen LogP contribution in [0.1, 0.15) is 271 Å². The van der Waals surface area contributed by atoms with Gasteiger partial charge in [0.2, 0.25) is 0 Å². The van der Waals surface area contributed by atoms with Crippen LogP contribution in [0.5, 0.6) is 0 Å². The maximum atomic E-state index is 12.8. The van der Waals surface area contributed by atoms with Crippen LogP contribution in [-0.4, -0.2) is 49.3 Å². The van der Waals surface area contributed by atoms with Gasteiger partial charge in [-0.15, -0.1) is 0 Å². The van der Waals surface area contributed by atoms with Crippen molar-refractivity contribution in [1.82, 2.24) is 0 Å². The van der Waals surface area contributed by atoms with Crippen molar-refractivity contribution in [1.29, 1.82) is 0 Å². The number of allylic oxidation sites excluding steroid dienone is 26. The van der Waals surface area contributed by atoms with Gasteiger partial charge in [-0.05, 0) is 122 Å². The summed E-state index contributed by atoms with van der Waals surface area (Å²) in [5.74, 6) is -0.838. The maximum absolute atomic E-state index is 12.8. The highest BCUT2D eigenvalue weighted by atomic mass is 31.2. The van der Waals surface area contributed by atoms with E-state index in [0.717, 1.165) is 141 Å². The molecule has 0 aliphatic carbocycles. The van der Waals surface area contributed by atoms with Crippen molar-refractivity contribution >= 4 is 19.8 Å². The van der Waals surface area contributed by atoms with Gasteiger partial charge in [0.25, 0.3) is 0 Å². The SMILES string of the molecule is CC/C=C\C/C=C\C/C=C\C/C=C\C/C=C\C/C=C\C/C=C\C/C=C\CCCCCCCCCCCCCCC(=O)OC(COC(=O)CCCCCCCCCCCCC/C=C\C/C=C\C/C=C\C/C=C\C/C=C\CC)COP(=O)(O)OCCN. The van der Waals surface area contributed by atoms with Crippen LogP contribution >= 0.6 is 7.82 Å². The molecule has 0 radical (unpaired) electrons. The van der Waals surface area contributed by atoms with Crippen molar-refractivity contribution < 1.29 is 37.6 Å². The molecule has 0 aromatic carbocycles. The third kappa shape index (κ3) is 68.6. The topological polar surface area (TPSA) is 134 Å². The zero-order valence-electron chi connectivity index (χ0n) is 54.0. The standard InChI is InChI=1S/C75H124NO8P/c1-3-5-7-9-11-13-15-17-19-21-23-25-27-29-31-32-33-34-35-36-37-38-39-40-42-44-46-48-50-52-54-56-58-60-62-64-66-68-75(78)84-73(72-83-85(79,80)82-70-69-76)71-81-74(77)67-65-63-61-59-57-55-53-51-49-47-45-43-41-30-28-26-24-22-20-18-16-14-12-10-8-6-4-2/h5-8,11-14,17-20,23-26,29-31,33-34,36-37,39-41,73H,3-4,9-10,15-16,21-22,27-28,32,35,38,42-72,76H2,1-2H3,(H,79,80)/b7-5-,8-6-,13-11-,14-12-,19-17-,20-18-,25-23-,26-24-,31-29-,34-33-,37-36-,40-39-,41-30-. The highest BCUT2D eigenvalue weighted by Gasteiger charge is 2.26. The number of ether oxygens (including phenoxy) is 2. The lowest BCUT2D eigenvalue weighted by Crippen LogP contribution is -2.29. The Morgan fingerprint density at radius 2 is 0.612 bits per heavy atom. The Balaban J connectivity index is 3.95. The molecule has 0 aromatic rings. The van der Waals surface area contributed by atoms with E-state index in [4.69, 9.17) is 24.3 Å². The van der Waals surface area contributed by atoms with Gasteiger partial charge in [0.15, 0.2) is 6.10 Å². The molecule has 0 saturated carbocycles. The summed E-state index contributed by atoms with van der Waals surface area (Å²) >= 11 is 0. The van der Waals surface area contributed by atoms with Gasteiger partial charge in [-0.2, -0.15) is 0 Å². The molecule has 0 saturated heterocycles. The van der Waals surface area contributed by atoms with Gasteiger partial charge in [-0.3, -0.25) is 18.6 Å². The number of carbonyl (C=O) groups excluding carboxylic acids is 2. The van der Waals surface area contributed by atoms with Crippen LogP contribution < -0.4 is 5.73 Å². The van der Waals surface area contributed by atoms with Crippen LogP contribution in [-0.2, 0) is 32.7 Å². The highest BCUT2D eigenvalue weighted by molar-refractivity contribution is 7.47. The maximum Gasteiger partial charge on any atom is 0.472 e. The molecule has 0 aliphatic rings. The summed E-state index contributed by atoms with van der Waals surface area (Å²) in [4.78, 5) is 35.3. The summed E-state index contributed by atoms with van der Waals surface area (Å²) in [6.45, 7) is 3.51. The first-order valence-corrected chi connectivity index (χ1v) is 35.5. The first-order chi connectivity index (χ1) is 41.8. The fraction of sp³-hybridized carbons (Fsp3) is 0.627. The smallest absolute Gasteiger partial charge is 0.462 e. The van der Waals surface area contributed by atoms with E-state index >= 15 is 0 Å². The van der Waals surface area contributed by atoms with Gasteiger partial charge in [-0.1, -0.05) is 294 Å². The number of hydrogen-bond donors (Lipinski definition) is 2. The van der Waals surface area contributed by atoms with E-state index in [-0.39, 0.29) is 38.6 Å². The summed E-state index contributed by atoms with van der Waals surface area (Å²) in [6.07, 6.45) is 100. The lowest BCUT2D eigenvalue weighted by Gasteiger charge is -2.19. The van der Waals surface area contributed by atoms with E-state index in [1.54, 1.807) is 0 Å². The third-order valence-corrected chi connectivity index (χ3v) is 14.9. The van der Waals surface area contributed by atoms with E-state index < -0.39 is 26.5 Å². The Bertz CT molecular complexity index is 1950. The predicted octanol–water partition coefficient (Wildman–Crippen LogP) is 22.4. The quantitative estimate of drug-likeness (QED) is 0.0264. The molecule has 9 nitrogen and oxygen atoms in total. The first-order valence-electron chi connectivity index (χ1n) is 34.0. The number of phosphoric ester groups is 1. The number of hydrogen-bond acceptors (Lipinski definition) is 8. The molecule has 0 heterocycles. The minimum atomic E-state index is -4.40. The summed E-state index contributed by atoms with van der Waals surface area (Å²) in [6, 6.07) is 0. The van der Waals surface area contributed by atoms with Crippen molar-refractivity contribution in [2.45, 2.75) is 277 Å². The molecule has 2 unspecified atom stereocenters. The van der Waals surface area contributed by atoms with Crippen molar-refractivity contribution in [3.8, 4) is 0 Å². The summed E-state index contributed by atoms with van der Waals surface area (Å²) < 4.78 is 33.2. The Kier molecular flexibility index (Phi) is 65.2. The van der Waals surface area contributed by atoms with Gasteiger partial charge in [0.1, 0.15) is 6.61 Å². The number of unbranched alkanes of at least 4 members (excludes halogenated alkanes) is 23. The second kappa shape index (κ2) is 68.7. The lowest BCUT2D eigenvalue weighted by molar-refractivity contribution is -0.161. The van der Waals surface area contributed by atoms with Crippen molar-refractivity contribution in [2.75, 3.05) is 26.4 Å². The van der Waals surface area contributed by atoms with E-state index in [1.165, 1.54) is 96.3 Å². The average molecular weight is 1200 g/mol. The molecule has 0 rings (SSSR count). The van der Waals surface area contributed by atoms with Crippen LogP contribution in [0.4, 0.5) is 0 Å². The molecular weight excluding hydrogens is 1070 g/mol. The number of phosphoric acid groups is 1. The molecule has 10 heteroatoms. The van der Waals surface area contributed by atoms with E-state index in [1.807, 2.05) is 0 Å². The monoisotopic (exact) mass is 1200 g/mol. The molecule has 0 bridgehead atoms. The Morgan fingerprint density at radius 1 is 0.353 bits per heavy atom. The van der Waals surface area contributed by atoms with Crippen LogP contribution in [0.25, 0.3) is 0 Å². The fourth-order valence-corrected chi connectivity index (χ4v) is 9.74. The van der Waals surface area contributed by atoms with E-state index in [9.17, 15) is 19.0 Å². The molecule has 0 spiro atoms. The zero-order chi connectivity index (χ0) is 61.6. The van der Waals surface area contributed by atoms with Crippen LogP contribution in [0.2, 0.25) is 0 Å². The van der Waals surface area contributed by atoms with Gasteiger partial charge in [0, 0.05) is 19.4 Å². The molecule has 3 N–H and O–H groups in total. The van der Waals surface area contributed by atoms with Gasteiger partial charge < -0.3 is 20.1 Å². The third-order valence-electron chi connectivity index (χ3n) is 13.9. The molecule has 0 fully saturated rings. The number of rotatable bonds is 62. The predicted molar refractivity (Wildman–Crippen MR) is 366 cm³/mol. The second-order valence-corrected chi connectivity index (χ2v) is 23.4. The molecule has 482 valence electrons. The van der Waals surface area contributed by atoms with Crippen molar-refractivity contribution in [3.63, 3.8) is 0 Å². The number of esters is 2. The van der Waals surface area contributed by atoms with Crippen LogP contribution in [0.15, 0.2) is 158 Å². The second-order valence-electron chi connectivity index (χ2n) is 21.9. The van der Waals surface area contributed by atoms with Crippen molar-refractivity contribution in [3.05, 3.63) is 158 Å². The average Bonchev–Trinajstić information content (AvgIpc) is 3.52.